The van der Waals surface area contributed by atoms with E-state index in [9.17, 15) is 4.79 Å². The van der Waals surface area contributed by atoms with E-state index in [1.165, 1.54) is 18.4 Å². The molecule has 0 saturated carbocycles. The minimum Gasteiger partial charge on any atom is -0.472 e. The van der Waals surface area contributed by atoms with Crippen molar-refractivity contribution in [3.63, 3.8) is 0 Å². The predicted molar refractivity (Wildman–Crippen MR) is 89.4 cm³/mol. The van der Waals surface area contributed by atoms with Gasteiger partial charge < -0.3 is 9.32 Å². The zero-order chi connectivity index (χ0) is 16.6. The number of amides is 1. The van der Waals surface area contributed by atoms with Crippen molar-refractivity contribution in [1.82, 2.24) is 19.6 Å². The normalized spacial score (nSPS) is 24.8. The molecule has 2 fully saturated rings. The summed E-state index contributed by atoms with van der Waals surface area (Å²) in [6.45, 7) is 4.86. The van der Waals surface area contributed by atoms with Gasteiger partial charge in [-0.2, -0.15) is 5.10 Å². The van der Waals surface area contributed by atoms with E-state index >= 15 is 0 Å². The second kappa shape index (κ2) is 6.09. The summed E-state index contributed by atoms with van der Waals surface area (Å²) in [7, 11) is 1.96. The fraction of sp³-hybridized carbons (Fsp3) is 0.556. The van der Waals surface area contributed by atoms with Crippen molar-refractivity contribution in [3.8, 4) is 0 Å². The molecule has 6 nitrogen and oxygen atoms in total. The van der Waals surface area contributed by atoms with E-state index in [0.29, 0.717) is 5.56 Å². The number of piperidine rings is 1. The van der Waals surface area contributed by atoms with Gasteiger partial charge in [-0.15, -0.1) is 0 Å². The molecule has 4 rings (SSSR count). The van der Waals surface area contributed by atoms with E-state index < -0.39 is 0 Å². The number of nitrogens with zero attached hydrogens (tertiary/aromatic N) is 4. The SMILES string of the molecule is Cn1cc(CN2CCC[C@]3(CCN(C(=O)c4ccoc4)C3)C2)cn1. The molecule has 1 spiro atoms. The lowest BCUT2D eigenvalue weighted by molar-refractivity contribution is 0.0675. The Kier molecular flexibility index (Phi) is 3.92. The molecule has 2 aliphatic rings. The Hall–Kier alpha value is -2.08. The third-order valence-corrected chi connectivity index (χ3v) is 5.40. The highest BCUT2D eigenvalue weighted by atomic mass is 16.3. The molecule has 4 heterocycles. The van der Waals surface area contributed by atoms with Crippen molar-refractivity contribution in [2.24, 2.45) is 12.5 Å². The van der Waals surface area contributed by atoms with Crippen molar-refractivity contribution in [2.75, 3.05) is 26.2 Å². The second-order valence-electron chi connectivity index (χ2n) is 7.33. The minimum absolute atomic E-state index is 0.102. The Labute approximate surface area is 142 Å². The smallest absolute Gasteiger partial charge is 0.257 e. The van der Waals surface area contributed by atoms with Crippen molar-refractivity contribution < 1.29 is 9.21 Å². The van der Waals surface area contributed by atoms with Gasteiger partial charge >= 0.3 is 0 Å². The van der Waals surface area contributed by atoms with Crippen molar-refractivity contribution in [1.29, 1.82) is 0 Å². The molecule has 1 amide bonds. The second-order valence-corrected chi connectivity index (χ2v) is 7.33. The van der Waals surface area contributed by atoms with E-state index in [1.54, 1.807) is 18.6 Å². The summed E-state index contributed by atoms with van der Waals surface area (Å²) in [4.78, 5) is 17.1. The molecule has 2 aliphatic heterocycles. The first kappa shape index (κ1) is 15.4. The fourth-order valence-electron chi connectivity index (χ4n) is 4.27. The zero-order valence-electron chi connectivity index (χ0n) is 14.1. The summed E-state index contributed by atoms with van der Waals surface area (Å²) in [5, 5.41) is 4.26. The van der Waals surface area contributed by atoms with Gasteiger partial charge in [0.1, 0.15) is 6.26 Å². The molecule has 128 valence electrons. The molecule has 24 heavy (non-hydrogen) atoms. The highest BCUT2D eigenvalue weighted by Gasteiger charge is 2.42. The third-order valence-electron chi connectivity index (χ3n) is 5.40. The fourth-order valence-corrected chi connectivity index (χ4v) is 4.27. The average molecular weight is 328 g/mol. The molecular weight excluding hydrogens is 304 g/mol. The largest absolute Gasteiger partial charge is 0.472 e. The van der Waals surface area contributed by atoms with Gasteiger partial charge in [0.15, 0.2) is 0 Å². The standard InChI is InChI=1S/C18H24N4O2/c1-20-10-15(9-19-20)11-21-6-2-4-18(13-21)5-7-22(14-18)17(23)16-3-8-24-12-16/h3,8-10,12H,2,4-7,11,13-14H2,1H3/t18-/m0/s1. The van der Waals surface area contributed by atoms with Crippen LogP contribution in [0.25, 0.3) is 0 Å². The quantitative estimate of drug-likeness (QED) is 0.866. The lowest BCUT2D eigenvalue weighted by Gasteiger charge is -2.40. The summed E-state index contributed by atoms with van der Waals surface area (Å²) < 4.78 is 6.91. The maximum atomic E-state index is 12.6. The van der Waals surface area contributed by atoms with Crippen LogP contribution in [0.4, 0.5) is 0 Å². The predicted octanol–water partition coefficient (Wildman–Crippen LogP) is 2.14. The first-order valence-corrected chi connectivity index (χ1v) is 8.65. The summed E-state index contributed by atoms with van der Waals surface area (Å²) in [6.07, 6.45) is 10.7. The third kappa shape index (κ3) is 2.98. The van der Waals surface area contributed by atoms with Crippen LogP contribution < -0.4 is 0 Å². The van der Waals surface area contributed by atoms with Gasteiger partial charge in [0.05, 0.1) is 18.0 Å². The molecule has 0 N–H and O–H groups in total. The topological polar surface area (TPSA) is 54.5 Å². The van der Waals surface area contributed by atoms with E-state index in [-0.39, 0.29) is 11.3 Å². The van der Waals surface area contributed by atoms with Crippen LogP contribution in [0.1, 0.15) is 35.2 Å². The summed E-state index contributed by atoms with van der Waals surface area (Å²) in [5.74, 6) is 0.102. The van der Waals surface area contributed by atoms with Crippen LogP contribution in [0.2, 0.25) is 0 Å². The number of hydrogen-bond acceptors (Lipinski definition) is 4. The number of rotatable bonds is 3. The van der Waals surface area contributed by atoms with Gasteiger partial charge in [-0.1, -0.05) is 0 Å². The number of likely N-dealkylation sites (tertiary alicyclic amines) is 2. The number of aryl methyl sites for hydroxylation is 1. The molecule has 2 aromatic rings. The van der Waals surface area contributed by atoms with Gasteiger partial charge in [0, 0.05) is 50.4 Å². The molecule has 2 saturated heterocycles. The monoisotopic (exact) mass is 328 g/mol. The van der Waals surface area contributed by atoms with E-state index in [4.69, 9.17) is 4.42 Å². The van der Waals surface area contributed by atoms with Crippen molar-refractivity contribution in [2.45, 2.75) is 25.8 Å². The molecule has 6 heteroatoms. The van der Waals surface area contributed by atoms with Gasteiger partial charge in [0.2, 0.25) is 0 Å². The molecule has 0 aromatic carbocycles. The number of furan rings is 1. The lowest BCUT2D eigenvalue weighted by Crippen LogP contribution is -2.44. The zero-order valence-corrected chi connectivity index (χ0v) is 14.1. The van der Waals surface area contributed by atoms with E-state index in [1.807, 2.05) is 22.8 Å². The Bertz CT molecular complexity index is 708. The maximum absolute atomic E-state index is 12.6. The number of aromatic nitrogens is 2. The molecule has 0 bridgehead atoms. The Balaban J connectivity index is 1.41. The van der Waals surface area contributed by atoms with Crippen molar-refractivity contribution in [3.05, 3.63) is 42.1 Å². The Morgan fingerprint density at radius 1 is 1.33 bits per heavy atom. The average Bonchev–Trinajstić information content (AvgIpc) is 3.29. The number of hydrogen-bond donors (Lipinski definition) is 0. The summed E-state index contributed by atoms with van der Waals surface area (Å²) >= 11 is 0. The van der Waals surface area contributed by atoms with Crippen LogP contribution >= 0.6 is 0 Å². The molecule has 1 atom stereocenters. The van der Waals surface area contributed by atoms with Gasteiger partial charge in [-0.25, -0.2) is 0 Å². The van der Waals surface area contributed by atoms with Gasteiger partial charge in [-0.3, -0.25) is 14.4 Å². The van der Waals surface area contributed by atoms with E-state index in [0.717, 1.165) is 39.1 Å². The van der Waals surface area contributed by atoms with Crippen molar-refractivity contribution >= 4 is 5.91 Å². The van der Waals surface area contributed by atoms with Crippen LogP contribution in [-0.2, 0) is 13.6 Å². The first-order valence-electron chi connectivity index (χ1n) is 8.65. The Morgan fingerprint density at radius 3 is 3.00 bits per heavy atom. The van der Waals surface area contributed by atoms with Gasteiger partial charge in [-0.05, 0) is 31.9 Å². The number of carbonyl (C=O) groups is 1. The molecule has 0 radical (unpaired) electrons. The molecule has 2 aromatic heterocycles. The van der Waals surface area contributed by atoms with Crippen LogP contribution in [0.15, 0.2) is 35.4 Å². The maximum Gasteiger partial charge on any atom is 0.257 e. The van der Waals surface area contributed by atoms with E-state index in [2.05, 4.69) is 16.2 Å². The summed E-state index contributed by atoms with van der Waals surface area (Å²) in [6, 6.07) is 1.75. The molecule has 0 unspecified atom stereocenters. The summed E-state index contributed by atoms with van der Waals surface area (Å²) in [5.41, 5.74) is 2.17. The molecule has 0 aliphatic carbocycles. The lowest BCUT2D eigenvalue weighted by atomic mass is 9.79. The highest BCUT2D eigenvalue weighted by molar-refractivity contribution is 5.94. The van der Waals surface area contributed by atoms with Crippen LogP contribution in [0, 0.1) is 5.41 Å². The number of carbonyl (C=O) groups excluding carboxylic acids is 1. The Morgan fingerprint density at radius 2 is 2.25 bits per heavy atom. The first-order chi connectivity index (χ1) is 11.6. The van der Waals surface area contributed by atoms with Crippen LogP contribution in [-0.4, -0.2) is 51.7 Å². The molecular formula is C18H24N4O2. The highest BCUT2D eigenvalue weighted by Crippen LogP contribution is 2.39. The van der Waals surface area contributed by atoms with Crippen LogP contribution in [0.5, 0.6) is 0 Å². The minimum atomic E-state index is 0.102. The van der Waals surface area contributed by atoms with Gasteiger partial charge in [0.25, 0.3) is 5.91 Å². The van der Waals surface area contributed by atoms with Crippen LogP contribution in [0.3, 0.4) is 0 Å².